The molecule has 0 radical (unpaired) electrons. The normalized spacial score (nSPS) is 12.5. The summed E-state index contributed by atoms with van der Waals surface area (Å²) in [5, 5.41) is 5.10. The van der Waals surface area contributed by atoms with Gasteiger partial charge in [0, 0.05) is 0 Å². The van der Waals surface area contributed by atoms with Crippen LogP contribution in [0.5, 0.6) is 0 Å². The van der Waals surface area contributed by atoms with Crippen molar-refractivity contribution in [3.8, 4) is 0 Å². The van der Waals surface area contributed by atoms with Crippen molar-refractivity contribution in [2.24, 2.45) is 0 Å². The molecule has 0 aromatic heterocycles. The van der Waals surface area contributed by atoms with E-state index >= 15 is 0 Å². The van der Waals surface area contributed by atoms with Crippen LogP contribution in [0.2, 0.25) is 0 Å². The molecule has 4 aromatic rings. The Kier molecular flexibility index (Phi) is 4.49. The highest BCUT2D eigenvalue weighted by atomic mass is 16.5. The minimum atomic E-state index is 0.124. The van der Waals surface area contributed by atoms with Gasteiger partial charge in [-0.05, 0) is 45.2 Å². The number of benzene rings is 4. The summed E-state index contributed by atoms with van der Waals surface area (Å²) in [6.07, 6.45) is 1.09. The lowest BCUT2D eigenvalue weighted by molar-refractivity contribution is 0.0384. The predicted molar refractivity (Wildman–Crippen MR) is 106 cm³/mol. The molecule has 0 aliphatic rings. The minimum absolute atomic E-state index is 0.124. The van der Waals surface area contributed by atoms with Crippen LogP contribution >= 0.6 is 0 Å². The standard InChI is InChI=1S/C24H22O/c1-2-24(18-10-4-3-5-11-18)25-17-23-21-14-8-6-12-19(21)16-20-13-7-9-15-22(20)23/h3-16,24H,2,17H2,1H3. The highest BCUT2D eigenvalue weighted by Crippen LogP contribution is 2.31. The van der Waals surface area contributed by atoms with Crippen molar-refractivity contribution >= 4 is 21.5 Å². The van der Waals surface area contributed by atoms with Gasteiger partial charge >= 0.3 is 0 Å². The predicted octanol–water partition coefficient (Wildman–Crippen LogP) is 6.66. The molecular formula is C24H22O. The second kappa shape index (κ2) is 7.08. The van der Waals surface area contributed by atoms with Gasteiger partial charge in [0.05, 0.1) is 12.7 Å². The number of fused-ring (bicyclic) bond motifs is 2. The fourth-order valence-electron chi connectivity index (χ4n) is 3.56. The van der Waals surface area contributed by atoms with Gasteiger partial charge in [0.25, 0.3) is 0 Å². The highest BCUT2D eigenvalue weighted by molar-refractivity contribution is 6.02. The summed E-state index contributed by atoms with van der Waals surface area (Å²) >= 11 is 0. The Balaban J connectivity index is 1.74. The second-order valence-corrected chi connectivity index (χ2v) is 6.42. The van der Waals surface area contributed by atoms with Gasteiger partial charge < -0.3 is 4.74 Å². The van der Waals surface area contributed by atoms with Crippen LogP contribution in [-0.2, 0) is 11.3 Å². The van der Waals surface area contributed by atoms with Gasteiger partial charge in [-0.15, -0.1) is 0 Å². The summed E-state index contributed by atoms with van der Waals surface area (Å²) in [5.74, 6) is 0. The van der Waals surface area contributed by atoms with E-state index in [9.17, 15) is 0 Å². The van der Waals surface area contributed by atoms with Crippen LogP contribution in [0.3, 0.4) is 0 Å². The number of hydrogen-bond acceptors (Lipinski definition) is 1. The van der Waals surface area contributed by atoms with E-state index in [1.807, 2.05) is 0 Å². The first-order valence-electron chi connectivity index (χ1n) is 8.92. The zero-order valence-corrected chi connectivity index (χ0v) is 14.5. The molecule has 25 heavy (non-hydrogen) atoms. The molecule has 0 aliphatic carbocycles. The second-order valence-electron chi connectivity index (χ2n) is 6.42. The zero-order chi connectivity index (χ0) is 17.1. The summed E-state index contributed by atoms with van der Waals surface area (Å²) in [6, 6.07) is 29.9. The van der Waals surface area contributed by atoms with Crippen LogP contribution in [0.1, 0.15) is 30.6 Å². The molecule has 0 saturated carbocycles. The van der Waals surface area contributed by atoms with Crippen LogP contribution < -0.4 is 0 Å². The van der Waals surface area contributed by atoms with Crippen molar-refractivity contribution in [3.63, 3.8) is 0 Å². The quantitative estimate of drug-likeness (QED) is 0.373. The van der Waals surface area contributed by atoms with E-state index in [1.165, 1.54) is 32.7 Å². The lowest BCUT2D eigenvalue weighted by Gasteiger charge is -2.19. The summed E-state index contributed by atoms with van der Waals surface area (Å²) in [4.78, 5) is 0. The van der Waals surface area contributed by atoms with E-state index in [4.69, 9.17) is 4.74 Å². The van der Waals surface area contributed by atoms with Crippen molar-refractivity contribution < 1.29 is 4.74 Å². The first-order chi connectivity index (χ1) is 12.4. The highest BCUT2D eigenvalue weighted by Gasteiger charge is 2.12. The fourth-order valence-corrected chi connectivity index (χ4v) is 3.56. The van der Waals surface area contributed by atoms with Gasteiger partial charge in [0.2, 0.25) is 0 Å². The number of ether oxygens (including phenoxy) is 1. The molecule has 1 unspecified atom stereocenters. The van der Waals surface area contributed by atoms with E-state index in [1.54, 1.807) is 0 Å². The summed E-state index contributed by atoms with van der Waals surface area (Å²) in [6.45, 7) is 2.80. The molecule has 1 nitrogen and oxygen atoms in total. The van der Waals surface area contributed by atoms with E-state index in [0.29, 0.717) is 6.61 Å². The third kappa shape index (κ3) is 3.16. The van der Waals surface area contributed by atoms with Crippen LogP contribution in [0.25, 0.3) is 21.5 Å². The molecule has 1 atom stereocenters. The van der Waals surface area contributed by atoms with E-state index < -0.39 is 0 Å². The molecule has 0 N–H and O–H groups in total. The average Bonchev–Trinajstić information content (AvgIpc) is 2.68. The molecule has 0 fully saturated rings. The van der Waals surface area contributed by atoms with Gasteiger partial charge in [-0.25, -0.2) is 0 Å². The molecule has 0 amide bonds. The smallest absolute Gasteiger partial charge is 0.0826 e. The van der Waals surface area contributed by atoms with Crippen molar-refractivity contribution in [1.82, 2.24) is 0 Å². The van der Waals surface area contributed by atoms with E-state index in [2.05, 4.69) is 91.9 Å². The minimum Gasteiger partial charge on any atom is -0.369 e. The molecule has 4 rings (SSSR count). The number of hydrogen-bond donors (Lipinski definition) is 0. The Morgan fingerprint density at radius 1 is 0.720 bits per heavy atom. The van der Waals surface area contributed by atoms with Crippen LogP contribution in [0, 0.1) is 0 Å². The third-order valence-electron chi connectivity index (χ3n) is 4.85. The van der Waals surface area contributed by atoms with E-state index in [0.717, 1.165) is 6.42 Å². The van der Waals surface area contributed by atoms with Crippen molar-refractivity contribution in [2.45, 2.75) is 26.1 Å². The van der Waals surface area contributed by atoms with Crippen molar-refractivity contribution in [3.05, 3.63) is 96.1 Å². The molecule has 0 saturated heterocycles. The Morgan fingerprint density at radius 3 is 1.88 bits per heavy atom. The molecule has 1 heteroatoms. The van der Waals surface area contributed by atoms with Gasteiger partial charge in [0.1, 0.15) is 0 Å². The topological polar surface area (TPSA) is 9.23 Å². The molecule has 124 valence electrons. The van der Waals surface area contributed by atoms with Crippen molar-refractivity contribution in [1.29, 1.82) is 0 Å². The molecule has 0 spiro atoms. The summed E-state index contributed by atoms with van der Waals surface area (Å²) in [7, 11) is 0. The molecule has 0 aliphatic heterocycles. The first kappa shape index (κ1) is 15.9. The Morgan fingerprint density at radius 2 is 1.28 bits per heavy atom. The maximum Gasteiger partial charge on any atom is 0.0826 e. The fraction of sp³-hybridized carbons (Fsp3) is 0.167. The van der Waals surface area contributed by atoms with Crippen LogP contribution in [-0.4, -0.2) is 0 Å². The lowest BCUT2D eigenvalue weighted by Crippen LogP contribution is -2.04. The average molecular weight is 326 g/mol. The molecular weight excluding hydrogens is 304 g/mol. The SMILES string of the molecule is CCC(OCc1c2ccccc2cc2ccccc12)c1ccccc1. The molecule has 0 bridgehead atoms. The third-order valence-corrected chi connectivity index (χ3v) is 4.85. The van der Waals surface area contributed by atoms with Gasteiger partial charge in [-0.1, -0.05) is 85.8 Å². The monoisotopic (exact) mass is 326 g/mol. The van der Waals surface area contributed by atoms with Gasteiger partial charge in [-0.3, -0.25) is 0 Å². The molecule has 0 heterocycles. The van der Waals surface area contributed by atoms with Gasteiger partial charge in [0.15, 0.2) is 0 Å². The van der Waals surface area contributed by atoms with E-state index in [-0.39, 0.29) is 6.10 Å². The maximum atomic E-state index is 6.38. The van der Waals surface area contributed by atoms with Gasteiger partial charge in [-0.2, -0.15) is 0 Å². The maximum absolute atomic E-state index is 6.38. The summed E-state index contributed by atoms with van der Waals surface area (Å²) < 4.78 is 6.38. The Hall–Kier alpha value is -2.64. The van der Waals surface area contributed by atoms with Crippen molar-refractivity contribution in [2.75, 3.05) is 0 Å². The largest absolute Gasteiger partial charge is 0.369 e. The van der Waals surface area contributed by atoms with Crippen LogP contribution in [0.4, 0.5) is 0 Å². The summed E-state index contributed by atoms with van der Waals surface area (Å²) in [5.41, 5.74) is 2.53. The van der Waals surface area contributed by atoms with Crippen LogP contribution in [0.15, 0.2) is 84.9 Å². The zero-order valence-electron chi connectivity index (χ0n) is 14.5. The lowest BCUT2D eigenvalue weighted by atomic mass is 9.97. The Bertz CT molecular complexity index is 934. The Labute approximate surface area is 148 Å². The first-order valence-corrected chi connectivity index (χ1v) is 8.92. The number of rotatable bonds is 5. The molecule has 4 aromatic carbocycles.